The first-order valence-electron chi connectivity index (χ1n) is 9.87. The molecule has 1 aromatic carbocycles. The van der Waals surface area contributed by atoms with Crippen molar-refractivity contribution in [1.82, 2.24) is 24.7 Å². The number of benzene rings is 1. The number of rotatable bonds is 9. The van der Waals surface area contributed by atoms with Crippen molar-refractivity contribution in [1.29, 1.82) is 0 Å². The zero-order chi connectivity index (χ0) is 21.5. The van der Waals surface area contributed by atoms with E-state index in [2.05, 4.69) is 32.4 Å². The van der Waals surface area contributed by atoms with E-state index in [0.29, 0.717) is 5.75 Å². The van der Waals surface area contributed by atoms with E-state index in [9.17, 15) is 4.79 Å². The molecule has 7 nitrogen and oxygen atoms in total. The number of aromatic nitrogens is 5. The Kier molecular flexibility index (Phi) is 7.87. The highest BCUT2D eigenvalue weighted by atomic mass is 32.2. The lowest BCUT2D eigenvalue weighted by Gasteiger charge is -2.08. The molecule has 158 valence electrons. The number of carbonyl (C=O) groups is 1. The molecular weight excluding hydrogens is 416 g/mol. The lowest BCUT2D eigenvalue weighted by Crippen LogP contribution is -2.14. The van der Waals surface area contributed by atoms with Gasteiger partial charge in [-0.15, -0.1) is 10.2 Å². The Labute approximate surface area is 185 Å². The van der Waals surface area contributed by atoms with Gasteiger partial charge in [-0.25, -0.2) is 9.97 Å². The summed E-state index contributed by atoms with van der Waals surface area (Å²) in [7, 11) is 0. The molecule has 0 aliphatic rings. The first-order chi connectivity index (χ1) is 14.5. The lowest BCUT2D eigenvalue weighted by atomic mass is 10.1. The van der Waals surface area contributed by atoms with Gasteiger partial charge in [-0.05, 0) is 51.0 Å². The fourth-order valence-electron chi connectivity index (χ4n) is 2.89. The number of hydrogen-bond donors (Lipinski definition) is 1. The number of carbonyl (C=O) groups excluding carboxylic acids is 1. The van der Waals surface area contributed by atoms with E-state index in [-0.39, 0.29) is 11.7 Å². The maximum absolute atomic E-state index is 12.3. The standard InChI is InChI=1S/C21H26N6OS2/c1-5-16-7-9-17(10-8-16)24-19(28)13-30-21-26-25-18(27(21)6-2)12-29-20-22-14(3)11-15(4)23-20/h7-11H,5-6,12-13H2,1-4H3,(H,24,28). The summed E-state index contributed by atoms with van der Waals surface area (Å²) in [6.45, 7) is 8.82. The van der Waals surface area contributed by atoms with Crippen LogP contribution in [0.4, 0.5) is 5.69 Å². The fraction of sp³-hybridized carbons (Fsp3) is 0.381. The quantitative estimate of drug-likeness (QED) is 0.391. The van der Waals surface area contributed by atoms with Crippen LogP contribution >= 0.6 is 23.5 Å². The molecule has 30 heavy (non-hydrogen) atoms. The molecule has 3 rings (SSSR count). The average molecular weight is 443 g/mol. The minimum absolute atomic E-state index is 0.0607. The van der Waals surface area contributed by atoms with Gasteiger partial charge in [0.05, 0.1) is 11.5 Å². The van der Waals surface area contributed by atoms with Gasteiger partial charge in [0.25, 0.3) is 0 Å². The third-order valence-corrected chi connectivity index (χ3v) is 6.19. The Balaban J connectivity index is 1.57. The highest BCUT2D eigenvalue weighted by molar-refractivity contribution is 7.99. The molecular formula is C21H26N6OS2. The highest BCUT2D eigenvalue weighted by Crippen LogP contribution is 2.23. The summed E-state index contributed by atoms with van der Waals surface area (Å²) < 4.78 is 2.03. The number of anilines is 1. The molecule has 2 aromatic heterocycles. The van der Waals surface area contributed by atoms with Crippen LogP contribution in [0.5, 0.6) is 0 Å². The van der Waals surface area contributed by atoms with E-state index < -0.39 is 0 Å². The number of hydrogen-bond acceptors (Lipinski definition) is 7. The van der Waals surface area contributed by atoms with Crippen LogP contribution in [-0.4, -0.2) is 36.4 Å². The molecule has 0 spiro atoms. The summed E-state index contributed by atoms with van der Waals surface area (Å²) in [6.07, 6.45) is 0.979. The van der Waals surface area contributed by atoms with Crippen LogP contribution in [0.2, 0.25) is 0 Å². The summed E-state index contributed by atoms with van der Waals surface area (Å²) >= 11 is 2.93. The van der Waals surface area contributed by atoms with Crippen LogP contribution in [0.25, 0.3) is 0 Å². The molecule has 0 saturated carbocycles. The summed E-state index contributed by atoms with van der Waals surface area (Å²) in [5.74, 6) is 1.69. The number of thioether (sulfide) groups is 2. The Morgan fingerprint density at radius 3 is 2.37 bits per heavy atom. The van der Waals surface area contributed by atoms with E-state index in [1.807, 2.05) is 55.7 Å². The molecule has 0 aliphatic carbocycles. The summed E-state index contributed by atoms with van der Waals surface area (Å²) in [5, 5.41) is 13.0. The number of aryl methyl sites for hydroxylation is 3. The topological polar surface area (TPSA) is 85.6 Å². The molecule has 3 aromatic rings. The van der Waals surface area contributed by atoms with Crippen molar-refractivity contribution >= 4 is 35.1 Å². The summed E-state index contributed by atoms with van der Waals surface area (Å²) in [4.78, 5) is 21.2. The Morgan fingerprint density at radius 2 is 1.73 bits per heavy atom. The Hall–Kier alpha value is -2.39. The third-order valence-electron chi connectivity index (χ3n) is 4.38. The molecule has 0 radical (unpaired) electrons. The molecule has 0 atom stereocenters. The summed E-state index contributed by atoms with van der Waals surface area (Å²) in [5.41, 5.74) is 3.96. The number of nitrogens with one attached hydrogen (secondary N) is 1. The van der Waals surface area contributed by atoms with Crippen molar-refractivity contribution in [2.45, 2.75) is 56.7 Å². The Bertz CT molecular complexity index is 983. The van der Waals surface area contributed by atoms with Gasteiger partial charge in [-0.2, -0.15) is 0 Å². The summed E-state index contributed by atoms with van der Waals surface area (Å²) in [6, 6.07) is 9.87. The number of nitrogens with zero attached hydrogens (tertiary/aromatic N) is 5. The predicted molar refractivity (Wildman–Crippen MR) is 122 cm³/mol. The molecule has 0 fully saturated rings. The molecule has 1 amide bonds. The van der Waals surface area contributed by atoms with Crippen molar-refractivity contribution in [3.8, 4) is 0 Å². The van der Waals surface area contributed by atoms with E-state index in [0.717, 1.165) is 46.2 Å². The van der Waals surface area contributed by atoms with E-state index in [1.165, 1.54) is 29.1 Å². The SMILES string of the molecule is CCc1ccc(NC(=O)CSc2nnc(CSc3nc(C)cc(C)n3)n2CC)cc1. The lowest BCUT2D eigenvalue weighted by molar-refractivity contribution is -0.113. The zero-order valence-electron chi connectivity index (χ0n) is 17.7. The van der Waals surface area contributed by atoms with Gasteiger partial charge in [0.1, 0.15) is 5.82 Å². The molecule has 1 N–H and O–H groups in total. The van der Waals surface area contributed by atoms with Crippen molar-refractivity contribution in [3.63, 3.8) is 0 Å². The van der Waals surface area contributed by atoms with Crippen LogP contribution in [0.15, 0.2) is 40.6 Å². The Morgan fingerprint density at radius 1 is 1.03 bits per heavy atom. The van der Waals surface area contributed by atoms with Crippen LogP contribution in [0, 0.1) is 13.8 Å². The van der Waals surface area contributed by atoms with Crippen molar-refractivity contribution < 1.29 is 4.79 Å². The van der Waals surface area contributed by atoms with Crippen LogP contribution in [0.3, 0.4) is 0 Å². The minimum Gasteiger partial charge on any atom is -0.325 e. The molecule has 2 heterocycles. The molecule has 9 heteroatoms. The zero-order valence-corrected chi connectivity index (χ0v) is 19.3. The monoisotopic (exact) mass is 442 g/mol. The van der Waals surface area contributed by atoms with E-state index >= 15 is 0 Å². The molecule has 0 unspecified atom stereocenters. The van der Waals surface area contributed by atoms with Crippen molar-refractivity contribution in [2.24, 2.45) is 0 Å². The van der Waals surface area contributed by atoms with Crippen LogP contribution in [-0.2, 0) is 23.5 Å². The van der Waals surface area contributed by atoms with E-state index in [4.69, 9.17) is 0 Å². The third kappa shape index (κ3) is 6.06. The average Bonchev–Trinajstić information content (AvgIpc) is 3.12. The maximum Gasteiger partial charge on any atom is 0.234 e. The molecule has 0 aliphatic heterocycles. The van der Waals surface area contributed by atoms with Crippen LogP contribution in [0.1, 0.15) is 36.6 Å². The van der Waals surface area contributed by atoms with Crippen molar-refractivity contribution in [3.05, 3.63) is 53.1 Å². The van der Waals surface area contributed by atoms with Gasteiger partial charge in [0.15, 0.2) is 10.3 Å². The predicted octanol–water partition coefficient (Wildman–Crippen LogP) is 4.29. The fourth-order valence-corrected chi connectivity index (χ4v) is 4.60. The van der Waals surface area contributed by atoms with Gasteiger partial charge >= 0.3 is 0 Å². The molecule has 0 bridgehead atoms. The minimum atomic E-state index is -0.0607. The first-order valence-corrected chi connectivity index (χ1v) is 11.8. The van der Waals surface area contributed by atoms with Crippen LogP contribution < -0.4 is 5.32 Å². The second kappa shape index (κ2) is 10.6. The van der Waals surface area contributed by atoms with Gasteiger partial charge in [0, 0.05) is 23.6 Å². The smallest absolute Gasteiger partial charge is 0.234 e. The van der Waals surface area contributed by atoms with Gasteiger partial charge < -0.3 is 9.88 Å². The number of amides is 1. The van der Waals surface area contributed by atoms with Gasteiger partial charge in [0.2, 0.25) is 5.91 Å². The largest absolute Gasteiger partial charge is 0.325 e. The van der Waals surface area contributed by atoms with Gasteiger partial charge in [-0.3, -0.25) is 4.79 Å². The molecule has 0 saturated heterocycles. The normalized spacial score (nSPS) is 10.9. The van der Waals surface area contributed by atoms with Crippen molar-refractivity contribution in [2.75, 3.05) is 11.1 Å². The first kappa shape index (κ1) is 22.3. The maximum atomic E-state index is 12.3. The highest BCUT2D eigenvalue weighted by Gasteiger charge is 2.14. The second-order valence-electron chi connectivity index (χ2n) is 6.75. The second-order valence-corrected chi connectivity index (χ2v) is 8.64. The van der Waals surface area contributed by atoms with E-state index in [1.54, 1.807) is 0 Å². The van der Waals surface area contributed by atoms with Gasteiger partial charge in [-0.1, -0.05) is 42.6 Å².